The molecule has 0 radical (unpaired) electrons. The van der Waals surface area contributed by atoms with Crippen LogP contribution in [-0.4, -0.2) is 23.0 Å². The molecule has 3 saturated carbocycles. The monoisotopic (exact) mass is 363 g/mol. The highest BCUT2D eigenvalue weighted by Crippen LogP contribution is 2.57. The Morgan fingerprint density at radius 3 is 1.92 bits per heavy atom. The number of aliphatic carboxylic acids is 1. The quantitative estimate of drug-likeness (QED) is 0.768. The normalized spacial score (nSPS) is 38.8. The van der Waals surface area contributed by atoms with Gasteiger partial charge in [-0.25, -0.2) is 0 Å². The summed E-state index contributed by atoms with van der Waals surface area (Å²) >= 11 is 0. The molecular weight excluding hydrogens is 326 g/mol. The number of carbonyl (C=O) groups is 2. The molecule has 0 saturated heterocycles. The fraction of sp³-hybridized carbons (Fsp3) is 0.909. The van der Waals surface area contributed by atoms with E-state index in [2.05, 4.69) is 33.0 Å². The summed E-state index contributed by atoms with van der Waals surface area (Å²) in [5.41, 5.74) is 0.785. The van der Waals surface area contributed by atoms with Crippen molar-refractivity contribution < 1.29 is 14.7 Å². The summed E-state index contributed by atoms with van der Waals surface area (Å²) < 4.78 is 0. The molecule has 0 aromatic carbocycles. The largest absolute Gasteiger partial charge is 0.481 e. The van der Waals surface area contributed by atoms with Crippen LogP contribution in [0.4, 0.5) is 0 Å². The molecule has 4 nitrogen and oxygen atoms in total. The lowest BCUT2D eigenvalue weighted by Gasteiger charge is -2.56. The maximum absolute atomic E-state index is 12.7. The molecule has 3 unspecified atom stereocenters. The smallest absolute Gasteiger partial charge is 0.306 e. The average molecular weight is 364 g/mol. The highest BCUT2D eigenvalue weighted by molar-refractivity contribution is 5.79. The first kappa shape index (κ1) is 19.7. The zero-order valence-corrected chi connectivity index (χ0v) is 17.0. The van der Waals surface area contributed by atoms with Gasteiger partial charge in [-0.3, -0.25) is 9.59 Å². The molecule has 3 aliphatic carbocycles. The lowest BCUT2D eigenvalue weighted by Crippen LogP contribution is -2.52. The van der Waals surface area contributed by atoms with E-state index in [4.69, 9.17) is 5.11 Å². The van der Waals surface area contributed by atoms with Gasteiger partial charge in [0.15, 0.2) is 0 Å². The van der Waals surface area contributed by atoms with E-state index in [1.165, 1.54) is 19.3 Å². The number of fused-ring (bicyclic) bond motifs is 1. The Balaban J connectivity index is 1.57. The lowest BCUT2D eigenvalue weighted by atomic mass is 9.50. The van der Waals surface area contributed by atoms with Gasteiger partial charge in [0, 0.05) is 12.0 Å². The number of hydrogen-bond donors (Lipinski definition) is 2. The van der Waals surface area contributed by atoms with E-state index in [1.54, 1.807) is 0 Å². The third-order valence-corrected chi connectivity index (χ3v) is 8.07. The molecule has 0 aromatic rings. The molecule has 1 amide bonds. The topological polar surface area (TPSA) is 66.4 Å². The van der Waals surface area contributed by atoms with Crippen LogP contribution in [0.1, 0.15) is 85.5 Å². The van der Waals surface area contributed by atoms with Gasteiger partial charge >= 0.3 is 5.97 Å². The minimum Gasteiger partial charge on any atom is -0.481 e. The van der Waals surface area contributed by atoms with Crippen LogP contribution in [0.25, 0.3) is 0 Å². The highest BCUT2D eigenvalue weighted by atomic mass is 16.4. The minimum atomic E-state index is -0.704. The third-order valence-electron chi connectivity index (χ3n) is 8.07. The third kappa shape index (κ3) is 3.94. The van der Waals surface area contributed by atoms with Crippen molar-refractivity contribution in [1.82, 2.24) is 5.32 Å². The van der Waals surface area contributed by atoms with Gasteiger partial charge in [-0.2, -0.15) is 0 Å². The van der Waals surface area contributed by atoms with Crippen LogP contribution in [0.3, 0.4) is 0 Å². The van der Waals surface area contributed by atoms with E-state index in [9.17, 15) is 9.59 Å². The van der Waals surface area contributed by atoms with Crippen LogP contribution in [0.2, 0.25) is 0 Å². The maximum Gasteiger partial charge on any atom is 0.306 e. The molecular formula is C22H37NO3. The highest BCUT2D eigenvalue weighted by Gasteiger charge is 2.50. The second-order valence-corrected chi connectivity index (χ2v) is 10.6. The van der Waals surface area contributed by atoms with E-state index in [1.807, 2.05) is 0 Å². The summed E-state index contributed by atoms with van der Waals surface area (Å²) in [5, 5.41) is 12.5. The first-order valence-corrected chi connectivity index (χ1v) is 10.6. The molecule has 3 aliphatic rings. The molecule has 3 fully saturated rings. The van der Waals surface area contributed by atoms with Gasteiger partial charge in [0.25, 0.3) is 0 Å². The number of carbonyl (C=O) groups excluding carboxylic acids is 1. The molecule has 26 heavy (non-hydrogen) atoms. The van der Waals surface area contributed by atoms with Crippen molar-refractivity contribution in [2.24, 2.45) is 34.5 Å². The summed E-state index contributed by atoms with van der Waals surface area (Å²) in [6, 6.07) is 0.300. The van der Waals surface area contributed by atoms with Crippen LogP contribution in [0.5, 0.6) is 0 Å². The van der Waals surface area contributed by atoms with Crippen molar-refractivity contribution in [1.29, 1.82) is 0 Å². The Morgan fingerprint density at radius 2 is 1.35 bits per heavy atom. The molecule has 3 atom stereocenters. The van der Waals surface area contributed by atoms with Gasteiger partial charge in [0.1, 0.15) is 0 Å². The predicted molar refractivity (Wildman–Crippen MR) is 103 cm³/mol. The summed E-state index contributed by atoms with van der Waals surface area (Å²) in [4.78, 5) is 23.8. The fourth-order valence-corrected chi connectivity index (χ4v) is 6.04. The molecule has 4 heteroatoms. The number of carboxylic acids is 1. The van der Waals surface area contributed by atoms with E-state index in [0.717, 1.165) is 31.6 Å². The Hall–Kier alpha value is -1.06. The van der Waals surface area contributed by atoms with Crippen LogP contribution >= 0.6 is 0 Å². The minimum absolute atomic E-state index is 0.0131. The first-order valence-electron chi connectivity index (χ1n) is 10.6. The van der Waals surface area contributed by atoms with Crippen molar-refractivity contribution in [2.75, 3.05) is 0 Å². The molecule has 0 spiro atoms. The van der Waals surface area contributed by atoms with Gasteiger partial charge < -0.3 is 10.4 Å². The number of nitrogens with one attached hydrogen (secondary N) is 1. The zero-order valence-electron chi connectivity index (χ0n) is 17.0. The van der Waals surface area contributed by atoms with Crippen LogP contribution in [-0.2, 0) is 9.59 Å². The lowest BCUT2D eigenvalue weighted by molar-refractivity contribution is -0.144. The van der Waals surface area contributed by atoms with Crippen LogP contribution in [0.15, 0.2) is 0 Å². The van der Waals surface area contributed by atoms with Crippen molar-refractivity contribution in [3.05, 3.63) is 0 Å². The van der Waals surface area contributed by atoms with Crippen LogP contribution in [0, 0.1) is 34.5 Å². The van der Waals surface area contributed by atoms with E-state index < -0.39 is 5.97 Å². The molecule has 3 rings (SSSR count). The molecule has 0 aromatic heterocycles. The zero-order chi connectivity index (χ0) is 19.1. The molecule has 0 aliphatic heterocycles. The summed E-state index contributed by atoms with van der Waals surface area (Å²) in [6.45, 7) is 9.69. The van der Waals surface area contributed by atoms with Crippen LogP contribution < -0.4 is 5.32 Å². The fourth-order valence-electron chi connectivity index (χ4n) is 6.04. The maximum atomic E-state index is 12.7. The SMILES string of the molecule is CC1(C)CCC(C)(C)C2CC(NC(=O)C3CCC(C(=O)O)CC3)CCC21. The molecule has 148 valence electrons. The average Bonchev–Trinajstić information content (AvgIpc) is 2.59. The van der Waals surface area contributed by atoms with Crippen molar-refractivity contribution in [3.63, 3.8) is 0 Å². The summed E-state index contributed by atoms with van der Waals surface area (Å²) in [6.07, 6.45) is 8.74. The first-order chi connectivity index (χ1) is 12.1. The van der Waals surface area contributed by atoms with Gasteiger partial charge in [0.2, 0.25) is 5.91 Å². The van der Waals surface area contributed by atoms with Crippen molar-refractivity contribution in [3.8, 4) is 0 Å². The standard InChI is InChI=1S/C22H37NO3/c1-21(2)11-12-22(3,4)18-13-16(9-10-17(18)21)23-19(24)14-5-7-15(8-6-14)20(25)26/h14-18H,5-13H2,1-4H3,(H,23,24)(H,25,26). The van der Waals surface area contributed by atoms with Gasteiger partial charge in [-0.05, 0) is 80.5 Å². The number of hydrogen-bond acceptors (Lipinski definition) is 2. The van der Waals surface area contributed by atoms with Gasteiger partial charge in [-0.1, -0.05) is 27.7 Å². The van der Waals surface area contributed by atoms with Gasteiger partial charge in [-0.15, -0.1) is 0 Å². The Labute approximate surface area is 158 Å². The number of amides is 1. The van der Waals surface area contributed by atoms with E-state index in [-0.39, 0.29) is 17.7 Å². The molecule has 0 bridgehead atoms. The Morgan fingerprint density at radius 1 is 0.808 bits per heavy atom. The summed E-state index contributed by atoms with van der Waals surface area (Å²) in [5.74, 6) is 0.687. The van der Waals surface area contributed by atoms with Gasteiger partial charge in [0.05, 0.1) is 5.92 Å². The second-order valence-electron chi connectivity index (χ2n) is 10.6. The van der Waals surface area contributed by atoms with Crippen molar-refractivity contribution >= 4 is 11.9 Å². The predicted octanol–water partition coefficient (Wildman–Crippen LogP) is 4.62. The molecule has 2 N–H and O–H groups in total. The Bertz CT molecular complexity index is 546. The summed E-state index contributed by atoms with van der Waals surface area (Å²) in [7, 11) is 0. The molecule has 0 heterocycles. The number of rotatable bonds is 3. The Kier molecular flexibility index (Phi) is 5.43. The van der Waals surface area contributed by atoms with Crippen molar-refractivity contribution in [2.45, 2.75) is 91.5 Å². The number of carboxylic acid groups (broad SMARTS) is 1. The van der Waals surface area contributed by atoms with E-state index in [0.29, 0.717) is 35.6 Å². The second kappa shape index (κ2) is 7.16. The van der Waals surface area contributed by atoms with E-state index >= 15 is 0 Å².